The van der Waals surface area contributed by atoms with Gasteiger partial charge in [-0.05, 0) is 19.3 Å². The molecule has 4 fully saturated rings. The van der Waals surface area contributed by atoms with Crippen molar-refractivity contribution in [1.29, 1.82) is 0 Å². The number of rotatable bonds is 0. The van der Waals surface area contributed by atoms with Gasteiger partial charge in [-0.2, -0.15) is 0 Å². The maximum Gasteiger partial charge on any atom is 0.338 e. The number of hydrogen-bond acceptors (Lipinski definition) is 9. The van der Waals surface area contributed by atoms with Crippen LogP contribution in [0.5, 0.6) is 0 Å². The minimum atomic E-state index is -2.14. The van der Waals surface area contributed by atoms with Crippen molar-refractivity contribution < 1.29 is 45.3 Å². The van der Waals surface area contributed by atoms with Crippen LogP contribution in [0.15, 0.2) is 0 Å². The molecule has 13 atom stereocenters. The molecule has 1 saturated heterocycles. The van der Waals surface area contributed by atoms with Gasteiger partial charge >= 0.3 is 5.97 Å². The van der Waals surface area contributed by atoms with E-state index in [0.717, 1.165) is 0 Å². The molecule has 9 heteroatoms. The number of esters is 1. The maximum absolute atomic E-state index is 12.4. The molecule has 0 spiro atoms. The number of hydrogen-bond donors (Lipinski definition) is 7. The van der Waals surface area contributed by atoms with Crippen LogP contribution in [-0.2, 0) is 9.53 Å². The summed E-state index contributed by atoms with van der Waals surface area (Å²) in [6.07, 6.45) is -8.59. The van der Waals surface area contributed by atoms with Gasteiger partial charge in [-0.3, -0.25) is 0 Å². The minimum absolute atomic E-state index is 0.0661. The van der Waals surface area contributed by atoms with Crippen LogP contribution in [0.4, 0.5) is 0 Å². The molecule has 3 saturated carbocycles. The van der Waals surface area contributed by atoms with Crippen molar-refractivity contribution in [3.8, 4) is 0 Å². The van der Waals surface area contributed by atoms with Crippen LogP contribution in [0.3, 0.4) is 0 Å². The second-order valence-corrected chi connectivity index (χ2v) is 10.4. The fourth-order valence-corrected chi connectivity index (χ4v) is 7.75. The molecular weight excluding hydrogens is 384 g/mol. The second kappa shape index (κ2) is 5.91. The highest BCUT2D eigenvalue weighted by atomic mass is 16.6. The third kappa shape index (κ3) is 2.17. The van der Waals surface area contributed by atoms with Gasteiger partial charge in [0.15, 0.2) is 6.10 Å². The molecule has 0 aromatic rings. The van der Waals surface area contributed by atoms with Gasteiger partial charge < -0.3 is 40.5 Å². The SMILES string of the molecule is C[C@@H]1[C@@H](O)[C@@H](O)[C@H]2[C@@]3(C)[C@H](O)[C@@H](O)C[C@](C)(O)[C@@H]3C[C@H]3OC(=O)[C@H](O)[C@]1(O)[C@]32C. The Morgan fingerprint density at radius 2 is 1.59 bits per heavy atom. The predicted molar refractivity (Wildman–Crippen MR) is 97.1 cm³/mol. The van der Waals surface area contributed by atoms with Crippen LogP contribution < -0.4 is 0 Å². The number of aliphatic hydroxyl groups excluding tert-OH is 5. The first kappa shape index (κ1) is 21.4. The Morgan fingerprint density at radius 3 is 2.17 bits per heavy atom. The van der Waals surface area contributed by atoms with Gasteiger partial charge in [-0.1, -0.05) is 20.8 Å². The summed E-state index contributed by atoms with van der Waals surface area (Å²) < 4.78 is 5.49. The Hall–Kier alpha value is -0.810. The molecule has 4 rings (SSSR count). The molecule has 9 nitrogen and oxygen atoms in total. The molecular formula is C20H32O9. The van der Waals surface area contributed by atoms with Crippen molar-refractivity contribution in [2.24, 2.45) is 28.6 Å². The first-order valence-corrected chi connectivity index (χ1v) is 10.2. The lowest BCUT2D eigenvalue weighted by Crippen LogP contribution is -2.84. The monoisotopic (exact) mass is 416 g/mol. The largest absolute Gasteiger partial charge is 0.460 e. The van der Waals surface area contributed by atoms with Crippen LogP contribution >= 0.6 is 0 Å². The molecule has 29 heavy (non-hydrogen) atoms. The summed E-state index contributed by atoms with van der Waals surface area (Å²) in [5.74, 6) is -3.90. The molecule has 0 unspecified atom stereocenters. The van der Waals surface area contributed by atoms with Gasteiger partial charge in [0.1, 0.15) is 11.7 Å². The van der Waals surface area contributed by atoms with Crippen molar-refractivity contribution in [2.75, 3.05) is 0 Å². The van der Waals surface area contributed by atoms with Crippen LogP contribution in [0, 0.1) is 28.6 Å². The summed E-state index contributed by atoms with van der Waals surface area (Å²) in [6, 6.07) is 0. The first-order valence-electron chi connectivity index (χ1n) is 10.2. The minimum Gasteiger partial charge on any atom is -0.460 e. The number of carbonyl (C=O) groups is 1. The van der Waals surface area contributed by atoms with E-state index in [2.05, 4.69) is 0 Å². The van der Waals surface area contributed by atoms with Crippen molar-refractivity contribution in [3.63, 3.8) is 0 Å². The molecule has 7 N–H and O–H groups in total. The second-order valence-electron chi connectivity index (χ2n) is 10.4. The van der Waals surface area contributed by atoms with Crippen LogP contribution in [0.1, 0.15) is 40.5 Å². The van der Waals surface area contributed by atoms with E-state index in [1.54, 1.807) is 13.8 Å². The van der Waals surface area contributed by atoms with Crippen LogP contribution in [-0.4, -0.2) is 89.5 Å². The van der Waals surface area contributed by atoms with Crippen LogP contribution in [0.2, 0.25) is 0 Å². The molecule has 0 aromatic heterocycles. The van der Waals surface area contributed by atoms with Gasteiger partial charge in [-0.15, -0.1) is 0 Å². The maximum atomic E-state index is 12.4. The number of carbonyl (C=O) groups excluding carboxylic acids is 1. The molecule has 1 aliphatic heterocycles. The van der Waals surface area contributed by atoms with Gasteiger partial charge in [-0.25, -0.2) is 4.79 Å². The number of ether oxygens (including phenoxy) is 1. The normalized spacial score (nSPS) is 64.7. The predicted octanol–water partition coefficient (Wildman–Crippen LogP) is -2.10. The molecule has 4 aliphatic rings. The highest BCUT2D eigenvalue weighted by molar-refractivity contribution is 5.78. The molecule has 1 heterocycles. The fourth-order valence-electron chi connectivity index (χ4n) is 7.75. The van der Waals surface area contributed by atoms with Crippen molar-refractivity contribution in [1.82, 2.24) is 0 Å². The molecule has 0 aromatic carbocycles. The third-order valence-electron chi connectivity index (χ3n) is 9.22. The highest BCUT2D eigenvalue weighted by Crippen LogP contribution is 2.70. The zero-order valence-electron chi connectivity index (χ0n) is 17.1. The van der Waals surface area contributed by atoms with Crippen LogP contribution in [0.25, 0.3) is 0 Å². The molecule has 166 valence electrons. The zero-order chi connectivity index (χ0) is 21.9. The van der Waals surface area contributed by atoms with E-state index in [1.165, 1.54) is 13.8 Å². The molecule has 0 bridgehead atoms. The average molecular weight is 416 g/mol. The number of aliphatic hydroxyl groups is 7. The van der Waals surface area contributed by atoms with Gasteiger partial charge in [0.05, 0.1) is 30.0 Å². The fraction of sp³-hybridized carbons (Fsp3) is 0.950. The van der Waals surface area contributed by atoms with E-state index in [0.29, 0.717) is 0 Å². The quantitative estimate of drug-likeness (QED) is 0.219. The van der Waals surface area contributed by atoms with E-state index in [9.17, 15) is 40.5 Å². The first-order chi connectivity index (χ1) is 13.2. The topological polar surface area (TPSA) is 168 Å². The number of fused-ring (bicyclic) bond motifs is 2. The Kier molecular flexibility index (Phi) is 4.36. The Bertz CT molecular complexity index is 727. The third-order valence-corrected chi connectivity index (χ3v) is 9.22. The Balaban J connectivity index is 1.99. The van der Waals surface area contributed by atoms with E-state index >= 15 is 0 Å². The van der Waals surface area contributed by atoms with E-state index in [4.69, 9.17) is 4.74 Å². The lowest BCUT2D eigenvalue weighted by atomic mass is 9.35. The summed E-state index contributed by atoms with van der Waals surface area (Å²) in [5, 5.41) is 77.0. The van der Waals surface area contributed by atoms with E-state index < -0.39 is 82.4 Å². The van der Waals surface area contributed by atoms with E-state index in [-0.39, 0.29) is 12.8 Å². The molecule has 0 amide bonds. The standard InChI is InChI=1S/C20H32O9/c1-7-11(22)12(23)13-18(3)9(17(2,27)6-8(21)14(18)24)5-10-19(13,4)20(7,28)15(25)16(26)29-10/h7-15,21-25,27-28H,5-6H2,1-4H3/t7-,8+,9+,10-,11-,12-,13+,14-,15+,17+,18+,19-,20+/m1/s1. The van der Waals surface area contributed by atoms with E-state index in [1.807, 2.05) is 0 Å². The average Bonchev–Trinajstić information content (AvgIpc) is 2.63. The summed E-state index contributed by atoms with van der Waals surface area (Å²) in [5.41, 5.74) is -6.39. The Morgan fingerprint density at radius 1 is 1.00 bits per heavy atom. The highest BCUT2D eigenvalue weighted by Gasteiger charge is 2.80. The molecule has 0 radical (unpaired) electrons. The zero-order valence-corrected chi connectivity index (χ0v) is 17.1. The smallest absolute Gasteiger partial charge is 0.338 e. The van der Waals surface area contributed by atoms with Gasteiger partial charge in [0.2, 0.25) is 0 Å². The van der Waals surface area contributed by atoms with Crippen molar-refractivity contribution in [2.45, 2.75) is 88.4 Å². The lowest BCUT2D eigenvalue weighted by molar-refractivity contribution is -0.378. The summed E-state index contributed by atoms with van der Waals surface area (Å²) in [6.45, 7) is 6.16. The summed E-state index contributed by atoms with van der Waals surface area (Å²) in [4.78, 5) is 12.4. The van der Waals surface area contributed by atoms with Crippen molar-refractivity contribution in [3.05, 3.63) is 0 Å². The van der Waals surface area contributed by atoms with Crippen molar-refractivity contribution >= 4 is 5.97 Å². The summed E-state index contributed by atoms with van der Waals surface area (Å²) >= 11 is 0. The van der Waals surface area contributed by atoms with Gasteiger partial charge in [0, 0.05) is 29.1 Å². The lowest BCUT2D eigenvalue weighted by Gasteiger charge is -2.73. The van der Waals surface area contributed by atoms with Gasteiger partial charge in [0.25, 0.3) is 0 Å². The molecule has 3 aliphatic carbocycles. The Labute approximate surface area is 168 Å². The summed E-state index contributed by atoms with van der Waals surface area (Å²) in [7, 11) is 0.